The van der Waals surface area contributed by atoms with Crippen molar-refractivity contribution in [1.29, 1.82) is 0 Å². The molecule has 0 spiro atoms. The number of carbonyl (C=O) groups excluding carboxylic acids is 1. The number of nitrogens with two attached hydrogens (primary N) is 1. The second-order valence-corrected chi connectivity index (χ2v) is 8.03. The lowest BCUT2D eigenvalue weighted by Crippen LogP contribution is -2.35. The number of carbonyl (C=O) groups is 1. The molecular formula is C23H22Cl2N2O2S. The minimum absolute atomic E-state index is 0.156. The van der Waals surface area contributed by atoms with Gasteiger partial charge in [0.2, 0.25) is 0 Å². The number of nitrogens with zero attached hydrogens (tertiary/aromatic N) is 1. The van der Waals surface area contributed by atoms with Crippen molar-refractivity contribution in [3.8, 4) is 5.75 Å². The van der Waals surface area contributed by atoms with Gasteiger partial charge in [0.05, 0.1) is 0 Å². The first-order valence-electron chi connectivity index (χ1n) is 9.41. The summed E-state index contributed by atoms with van der Waals surface area (Å²) in [7, 11) is 0. The highest BCUT2D eigenvalue weighted by molar-refractivity contribution is 7.80. The van der Waals surface area contributed by atoms with Gasteiger partial charge in [0, 0.05) is 40.1 Å². The summed E-state index contributed by atoms with van der Waals surface area (Å²) in [6.45, 7) is 1.49. The van der Waals surface area contributed by atoms with Gasteiger partial charge in [-0.05, 0) is 41.5 Å². The third-order valence-corrected chi connectivity index (χ3v) is 5.44. The van der Waals surface area contributed by atoms with E-state index in [1.165, 1.54) is 0 Å². The van der Waals surface area contributed by atoms with Gasteiger partial charge >= 0.3 is 0 Å². The molecule has 1 amide bonds. The summed E-state index contributed by atoms with van der Waals surface area (Å²) in [5.41, 5.74) is 8.09. The zero-order valence-corrected chi connectivity index (χ0v) is 18.6. The average molecular weight is 461 g/mol. The molecule has 0 fully saturated rings. The Morgan fingerprint density at radius 2 is 1.80 bits per heavy atom. The Balaban J connectivity index is 1.73. The molecule has 0 unspecified atom stereocenters. The highest BCUT2D eigenvalue weighted by Gasteiger charge is 2.18. The molecule has 0 aliphatic carbocycles. The number of hydrogen-bond donors (Lipinski definition) is 2. The van der Waals surface area contributed by atoms with Crippen LogP contribution in [0.4, 0.5) is 0 Å². The van der Waals surface area contributed by atoms with Crippen LogP contribution in [0.25, 0.3) is 0 Å². The summed E-state index contributed by atoms with van der Waals surface area (Å²) >= 11 is 16.7. The van der Waals surface area contributed by atoms with Crippen LogP contribution in [-0.2, 0) is 13.2 Å². The van der Waals surface area contributed by atoms with E-state index in [9.17, 15) is 4.79 Å². The Bertz CT molecular complexity index is 1020. The first-order chi connectivity index (χ1) is 14.5. The molecular weight excluding hydrogens is 439 g/mol. The van der Waals surface area contributed by atoms with Crippen LogP contribution in [0.5, 0.6) is 5.75 Å². The molecule has 7 heteroatoms. The topological polar surface area (TPSA) is 55.6 Å². The van der Waals surface area contributed by atoms with Gasteiger partial charge < -0.3 is 15.4 Å². The van der Waals surface area contributed by atoms with Crippen LogP contribution in [0.1, 0.15) is 21.5 Å². The van der Waals surface area contributed by atoms with E-state index in [2.05, 4.69) is 12.6 Å². The van der Waals surface area contributed by atoms with Crippen LogP contribution in [0.2, 0.25) is 10.0 Å². The molecule has 0 aliphatic rings. The Morgan fingerprint density at radius 1 is 1.03 bits per heavy atom. The largest absolute Gasteiger partial charge is 0.488 e. The van der Waals surface area contributed by atoms with Crippen molar-refractivity contribution in [3.05, 3.63) is 93.5 Å². The third kappa shape index (κ3) is 5.92. The maximum atomic E-state index is 13.1. The summed E-state index contributed by atoms with van der Waals surface area (Å²) in [5, 5.41) is 1.06. The van der Waals surface area contributed by atoms with E-state index in [1.54, 1.807) is 35.2 Å². The van der Waals surface area contributed by atoms with Gasteiger partial charge in [-0.2, -0.15) is 0 Å². The molecule has 0 saturated carbocycles. The summed E-state index contributed by atoms with van der Waals surface area (Å²) in [4.78, 5) is 15.3. The smallest absolute Gasteiger partial charge is 0.254 e. The van der Waals surface area contributed by atoms with Gasteiger partial charge in [0.1, 0.15) is 12.4 Å². The normalized spacial score (nSPS) is 10.7. The minimum Gasteiger partial charge on any atom is -0.488 e. The Hall–Kier alpha value is -2.18. The van der Waals surface area contributed by atoms with Crippen LogP contribution in [0.15, 0.2) is 71.6 Å². The number of thiol groups is 1. The fraction of sp³-hybridized carbons (Fsp3) is 0.174. The monoisotopic (exact) mass is 460 g/mol. The maximum absolute atomic E-state index is 13.1. The molecule has 3 rings (SSSR count). The molecule has 30 heavy (non-hydrogen) atoms. The fourth-order valence-electron chi connectivity index (χ4n) is 2.95. The minimum atomic E-state index is -0.156. The quantitative estimate of drug-likeness (QED) is 0.438. The van der Waals surface area contributed by atoms with Gasteiger partial charge in [-0.25, -0.2) is 0 Å². The molecule has 156 valence electrons. The Kier molecular flexibility index (Phi) is 8.05. The number of rotatable bonds is 8. The Labute approximate surface area is 192 Å². The SMILES string of the molecule is NCCN(Cc1ccc(Cl)cc1Cl)C(=O)c1ccc(OCc2ccccc2)c(S)c1. The van der Waals surface area contributed by atoms with Crippen molar-refractivity contribution in [2.75, 3.05) is 13.1 Å². The molecule has 0 bridgehead atoms. The number of ether oxygens (including phenoxy) is 1. The molecule has 0 atom stereocenters. The summed E-state index contributed by atoms with van der Waals surface area (Å²) in [5.74, 6) is 0.459. The van der Waals surface area contributed by atoms with Gasteiger partial charge in [0.25, 0.3) is 5.91 Å². The van der Waals surface area contributed by atoms with Crippen molar-refractivity contribution < 1.29 is 9.53 Å². The van der Waals surface area contributed by atoms with Gasteiger partial charge in [-0.3, -0.25) is 4.79 Å². The van der Waals surface area contributed by atoms with E-state index in [-0.39, 0.29) is 5.91 Å². The van der Waals surface area contributed by atoms with E-state index in [4.69, 9.17) is 33.7 Å². The number of halogens is 2. The fourth-order valence-corrected chi connectivity index (χ4v) is 3.70. The van der Waals surface area contributed by atoms with Gasteiger partial charge in [-0.1, -0.05) is 59.6 Å². The van der Waals surface area contributed by atoms with Gasteiger partial charge in [-0.15, -0.1) is 12.6 Å². The molecule has 0 saturated heterocycles. The lowest BCUT2D eigenvalue weighted by atomic mass is 10.1. The third-order valence-electron chi connectivity index (χ3n) is 4.51. The molecule has 0 radical (unpaired) electrons. The number of amides is 1. The molecule has 2 N–H and O–H groups in total. The highest BCUT2D eigenvalue weighted by atomic mass is 35.5. The molecule has 0 aromatic heterocycles. The van der Waals surface area contributed by atoms with Crippen molar-refractivity contribution in [2.24, 2.45) is 5.73 Å². The number of benzene rings is 3. The van der Waals surface area contributed by atoms with Crippen LogP contribution in [-0.4, -0.2) is 23.9 Å². The molecule has 3 aromatic carbocycles. The van der Waals surface area contributed by atoms with Crippen molar-refractivity contribution in [2.45, 2.75) is 18.0 Å². The van der Waals surface area contributed by atoms with E-state index in [0.29, 0.717) is 52.5 Å². The van der Waals surface area contributed by atoms with E-state index in [0.717, 1.165) is 11.1 Å². The first-order valence-corrected chi connectivity index (χ1v) is 10.6. The predicted octanol–water partition coefficient (Wildman–Crippen LogP) is 5.46. The van der Waals surface area contributed by atoms with E-state index >= 15 is 0 Å². The van der Waals surface area contributed by atoms with E-state index in [1.807, 2.05) is 36.4 Å². The van der Waals surface area contributed by atoms with E-state index < -0.39 is 0 Å². The first kappa shape index (κ1) is 22.5. The summed E-state index contributed by atoms with van der Waals surface area (Å²) in [6, 6.07) is 20.3. The predicted molar refractivity (Wildman–Crippen MR) is 125 cm³/mol. The zero-order chi connectivity index (χ0) is 21.5. The molecule has 3 aromatic rings. The lowest BCUT2D eigenvalue weighted by molar-refractivity contribution is 0.0748. The van der Waals surface area contributed by atoms with Gasteiger partial charge in [0.15, 0.2) is 0 Å². The molecule has 0 aliphatic heterocycles. The average Bonchev–Trinajstić information content (AvgIpc) is 2.74. The number of hydrogen-bond acceptors (Lipinski definition) is 4. The van der Waals surface area contributed by atoms with Crippen LogP contribution in [0, 0.1) is 0 Å². The summed E-state index contributed by atoms with van der Waals surface area (Å²) in [6.07, 6.45) is 0. The molecule has 4 nitrogen and oxygen atoms in total. The lowest BCUT2D eigenvalue weighted by Gasteiger charge is -2.23. The van der Waals surface area contributed by atoms with Crippen molar-refractivity contribution in [1.82, 2.24) is 4.90 Å². The van der Waals surface area contributed by atoms with Crippen LogP contribution >= 0.6 is 35.8 Å². The Morgan fingerprint density at radius 3 is 2.47 bits per heavy atom. The molecule has 0 heterocycles. The van der Waals surface area contributed by atoms with Crippen LogP contribution < -0.4 is 10.5 Å². The summed E-state index contributed by atoms with van der Waals surface area (Å²) < 4.78 is 5.84. The van der Waals surface area contributed by atoms with Crippen molar-refractivity contribution in [3.63, 3.8) is 0 Å². The van der Waals surface area contributed by atoms with Crippen molar-refractivity contribution >= 4 is 41.7 Å². The maximum Gasteiger partial charge on any atom is 0.254 e. The zero-order valence-electron chi connectivity index (χ0n) is 16.2. The standard InChI is InChI=1S/C23H22Cl2N2O2S/c24-19-8-6-18(20(25)13-19)14-27(11-10-26)23(28)17-7-9-21(22(30)12-17)29-15-16-4-2-1-3-5-16/h1-9,12-13,30H,10-11,14-15,26H2. The second-order valence-electron chi connectivity index (χ2n) is 6.71. The highest BCUT2D eigenvalue weighted by Crippen LogP contribution is 2.27. The second kappa shape index (κ2) is 10.7. The van der Waals surface area contributed by atoms with Crippen LogP contribution in [0.3, 0.4) is 0 Å².